The molecule has 1 aliphatic heterocycles. The van der Waals surface area contributed by atoms with Gasteiger partial charge < -0.3 is 14.1 Å². The van der Waals surface area contributed by atoms with E-state index in [2.05, 4.69) is 22.0 Å². The van der Waals surface area contributed by atoms with E-state index in [1.165, 1.54) is 0 Å². The van der Waals surface area contributed by atoms with Gasteiger partial charge in [0.2, 0.25) is 5.58 Å². The number of hydrogen-bond donors (Lipinski definition) is 0. The van der Waals surface area contributed by atoms with Crippen LogP contribution in [0.1, 0.15) is 6.92 Å². The van der Waals surface area contributed by atoms with Crippen LogP contribution in [0.3, 0.4) is 0 Å². The van der Waals surface area contributed by atoms with Gasteiger partial charge in [0.1, 0.15) is 5.52 Å². The van der Waals surface area contributed by atoms with E-state index in [1.54, 1.807) is 6.07 Å². The SMILES string of the molecule is C[C@@H]1CN(c2nc3cc(Cl)c#cc3o2)CCO1. The van der Waals surface area contributed by atoms with Crippen molar-refractivity contribution in [2.24, 2.45) is 0 Å². The van der Waals surface area contributed by atoms with E-state index >= 15 is 0 Å². The third-order valence-electron chi connectivity index (χ3n) is 2.71. The molecule has 0 unspecified atom stereocenters. The molecule has 0 saturated carbocycles. The molecule has 0 N–H and O–H groups in total. The highest BCUT2D eigenvalue weighted by atomic mass is 35.5. The molecule has 0 bridgehead atoms. The maximum absolute atomic E-state index is 5.83. The van der Waals surface area contributed by atoms with Gasteiger partial charge in [-0.15, -0.1) is 0 Å². The second-order valence-electron chi connectivity index (χ2n) is 4.08. The Kier molecular flexibility index (Phi) is 2.58. The van der Waals surface area contributed by atoms with Crippen LogP contribution in [-0.4, -0.2) is 30.8 Å². The maximum atomic E-state index is 5.83. The number of anilines is 1. The third kappa shape index (κ3) is 2.04. The molecule has 5 heteroatoms. The molecule has 0 spiro atoms. The first kappa shape index (κ1) is 10.7. The zero-order valence-electron chi connectivity index (χ0n) is 9.36. The lowest BCUT2D eigenvalue weighted by atomic mass is 10.3. The molecule has 3 rings (SSSR count). The predicted octanol–water partition coefficient (Wildman–Crippen LogP) is 2.31. The summed E-state index contributed by atoms with van der Waals surface area (Å²) >= 11 is 5.83. The lowest BCUT2D eigenvalue weighted by Gasteiger charge is -2.29. The van der Waals surface area contributed by atoms with Crippen molar-refractivity contribution in [1.29, 1.82) is 0 Å². The fourth-order valence-corrected chi connectivity index (χ4v) is 2.06. The molecule has 1 fully saturated rings. The predicted molar refractivity (Wildman–Crippen MR) is 64.3 cm³/mol. The molecule has 1 aliphatic rings. The van der Waals surface area contributed by atoms with Gasteiger partial charge >= 0.3 is 0 Å². The summed E-state index contributed by atoms with van der Waals surface area (Å²) in [4.78, 5) is 6.47. The number of morpholine rings is 1. The maximum Gasteiger partial charge on any atom is 0.299 e. The van der Waals surface area contributed by atoms with Crippen molar-refractivity contribution in [2.45, 2.75) is 13.0 Å². The molecule has 4 nitrogen and oxygen atoms in total. The topological polar surface area (TPSA) is 38.5 Å². The van der Waals surface area contributed by atoms with Crippen molar-refractivity contribution in [2.75, 3.05) is 24.6 Å². The van der Waals surface area contributed by atoms with E-state index < -0.39 is 0 Å². The molecule has 1 aromatic carbocycles. The molecule has 1 atom stereocenters. The highest BCUT2D eigenvalue weighted by Crippen LogP contribution is 2.23. The van der Waals surface area contributed by atoms with Gasteiger partial charge in [0.25, 0.3) is 6.01 Å². The molecule has 0 radical (unpaired) electrons. The van der Waals surface area contributed by atoms with Gasteiger partial charge in [0.05, 0.1) is 17.7 Å². The van der Waals surface area contributed by atoms with Crippen LogP contribution in [0.4, 0.5) is 6.01 Å². The van der Waals surface area contributed by atoms with E-state index in [0.717, 1.165) is 13.1 Å². The minimum absolute atomic E-state index is 0.192. The van der Waals surface area contributed by atoms with Gasteiger partial charge in [-0.3, -0.25) is 0 Å². The van der Waals surface area contributed by atoms with Crippen LogP contribution in [0.15, 0.2) is 10.5 Å². The van der Waals surface area contributed by atoms with E-state index in [4.69, 9.17) is 20.8 Å². The summed E-state index contributed by atoms with van der Waals surface area (Å²) in [5.41, 5.74) is 1.30. The van der Waals surface area contributed by atoms with Gasteiger partial charge in [-0.25, -0.2) is 0 Å². The Morgan fingerprint density at radius 2 is 2.41 bits per heavy atom. The van der Waals surface area contributed by atoms with Crippen molar-refractivity contribution in [3.63, 3.8) is 0 Å². The molecule has 2 heterocycles. The minimum Gasteiger partial charge on any atom is -0.414 e. The van der Waals surface area contributed by atoms with Gasteiger partial charge in [-0.05, 0) is 25.1 Å². The number of oxazole rings is 1. The molecule has 1 saturated heterocycles. The molecule has 88 valence electrons. The number of rotatable bonds is 1. The normalized spacial score (nSPS) is 20.6. The molecule has 17 heavy (non-hydrogen) atoms. The van der Waals surface area contributed by atoms with Gasteiger partial charge in [0.15, 0.2) is 0 Å². The van der Waals surface area contributed by atoms with Crippen LogP contribution in [0, 0.1) is 12.1 Å². The van der Waals surface area contributed by atoms with Crippen LogP contribution >= 0.6 is 11.6 Å². The van der Waals surface area contributed by atoms with Crippen LogP contribution in [0.2, 0.25) is 5.02 Å². The average Bonchev–Trinajstić information content (AvgIpc) is 2.72. The van der Waals surface area contributed by atoms with Gasteiger partial charge in [-0.1, -0.05) is 11.6 Å². The summed E-state index contributed by atoms with van der Waals surface area (Å²) in [6, 6.07) is 7.93. The lowest BCUT2D eigenvalue weighted by molar-refractivity contribution is 0.0515. The molecule has 0 aliphatic carbocycles. The summed E-state index contributed by atoms with van der Waals surface area (Å²) in [5, 5.41) is 0.493. The molecule has 2 aromatic rings. The zero-order chi connectivity index (χ0) is 11.8. The van der Waals surface area contributed by atoms with Crippen LogP contribution in [0.25, 0.3) is 11.1 Å². The van der Waals surface area contributed by atoms with Crippen molar-refractivity contribution < 1.29 is 9.15 Å². The van der Waals surface area contributed by atoms with Crippen LogP contribution < -0.4 is 4.90 Å². The number of aromatic nitrogens is 1. The Bertz CT molecular complexity index is 540. The van der Waals surface area contributed by atoms with E-state index in [1.807, 2.05) is 6.92 Å². The summed E-state index contributed by atoms with van der Waals surface area (Å²) in [6.07, 6.45) is 0.192. The van der Waals surface area contributed by atoms with Crippen molar-refractivity contribution in [1.82, 2.24) is 4.98 Å². The fraction of sp³-hybridized carbons (Fsp3) is 0.417. The highest BCUT2D eigenvalue weighted by molar-refractivity contribution is 6.30. The van der Waals surface area contributed by atoms with Crippen molar-refractivity contribution in [3.8, 4) is 0 Å². The van der Waals surface area contributed by atoms with Crippen molar-refractivity contribution in [3.05, 3.63) is 23.2 Å². The quantitative estimate of drug-likeness (QED) is 0.779. The third-order valence-corrected chi connectivity index (χ3v) is 2.92. The Labute approximate surface area is 104 Å². The Morgan fingerprint density at radius 1 is 1.53 bits per heavy atom. The number of halogens is 1. The first-order chi connectivity index (χ1) is 8.22. The standard InChI is InChI=1S/C12H11ClN2O2/c1-8-7-15(4-5-16-8)12-14-10-6-9(13)2-3-11(10)17-12/h6,8H,4-5,7H2,1H3/t8-/m1/s1. The van der Waals surface area contributed by atoms with E-state index in [0.29, 0.717) is 28.7 Å². The number of nitrogens with zero attached hydrogens (tertiary/aromatic N) is 2. The first-order valence-corrected chi connectivity index (χ1v) is 5.87. The van der Waals surface area contributed by atoms with Crippen LogP contribution in [-0.2, 0) is 4.74 Å². The smallest absolute Gasteiger partial charge is 0.299 e. The lowest BCUT2D eigenvalue weighted by Crippen LogP contribution is -2.41. The second-order valence-corrected chi connectivity index (χ2v) is 4.49. The van der Waals surface area contributed by atoms with Gasteiger partial charge in [-0.2, -0.15) is 4.98 Å². The van der Waals surface area contributed by atoms with Crippen LogP contribution in [0.5, 0.6) is 0 Å². The molecular weight excluding hydrogens is 240 g/mol. The minimum atomic E-state index is 0.192. The van der Waals surface area contributed by atoms with Gasteiger partial charge in [0, 0.05) is 13.1 Å². The van der Waals surface area contributed by atoms with E-state index in [9.17, 15) is 0 Å². The number of ether oxygens (including phenoxy) is 1. The Balaban J connectivity index is 1.94. The molecular formula is C12H11ClN2O2. The zero-order valence-corrected chi connectivity index (χ0v) is 10.1. The molecule has 0 amide bonds. The molecule has 1 aromatic heterocycles. The summed E-state index contributed by atoms with van der Waals surface area (Å²) in [5.74, 6) is 0. The first-order valence-electron chi connectivity index (χ1n) is 5.49. The summed E-state index contributed by atoms with van der Waals surface area (Å²) in [7, 11) is 0. The van der Waals surface area contributed by atoms with Crippen molar-refractivity contribution >= 4 is 28.7 Å². The summed E-state index contributed by atoms with van der Waals surface area (Å²) in [6.45, 7) is 4.29. The fourth-order valence-electron chi connectivity index (χ4n) is 1.91. The Hall–Kier alpha value is -1.44. The second kappa shape index (κ2) is 4.10. The van der Waals surface area contributed by atoms with E-state index in [-0.39, 0.29) is 6.10 Å². The number of hydrogen-bond acceptors (Lipinski definition) is 4. The largest absolute Gasteiger partial charge is 0.414 e. The summed E-state index contributed by atoms with van der Waals surface area (Å²) < 4.78 is 11.1. The number of fused-ring (bicyclic) bond motifs is 1. The Morgan fingerprint density at radius 3 is 3.24 bits per heavy atom. The highest BCUT2D eigenvalue weighted by Gasteiger charge is 2.21. The average molecular weight is 251 g/mol. The monoisotopic (exact) mass is 250 g/mol.